The van der Waals surface area contributed by atoms with Crippen molar-refractivity contribution >= 4 is 39.3 Å². The van der Waals surface area contributed by atoms with E-state index in [4.69, 9.17) is 4.74 Å². The summed E-state index contributed by atoms with van der Waals surface area (Å²) >= 11 is 3.13. The van der Waals surface area contributed by atoms with Gasteiger partial charge in [0.2, 0.25) is 0 Å². The van der Waals surface area contributed by atoms with Crippen molar-refractivity contribution in [1.82, 2.24) is 9.78 Å². The lowest BCUT2D eigenvalue weighted by molar-refractivity contribution is 0.0600. The van der Waals surface area contributed by atoms with Crippen molar-refractivity contribution in [2.24, 2.45) is 0 Å². The Labute approximate surface area is 130 Å². The van der Waals surface area contributed by atoms with Crippen LogP contribution in [-0.2, 0) is 4.74 Å². The number of aryl methyl sites for hydroxylation is 1. The molecule has 0 aliphatic rings. The van der Waals surface area contributed by atoms with Gasteiger partial charge in [-0.25, -0.2) is 9.48 Å². The number of fused-ring (bicyclic) bond motifs is 1. The van der Waals surface area contributed by atoms with E-state index in [1.54, 1.807) is 23.1 Å². The summed E-state index contributed by atoms with van der Waals surface area (Å²) in [4.78, 5) is 13.1. The highest BCUT2D eigenvalue weighted by Crippen LogP contribution is 2.40. The molecule has 0 N–H and O–H groups in total. The third-order valence-electron chi connectivity index (χ3n) is 3.24. The van der Waals surface area contributed by atoms with Gasteiger partial charge in [0.25, 0.3) is 0 Å². The number of ether oxygens (including phenoxy) is 1. The predicted octanol–water partition coefficient (Wildman–Crippen LogP) is 3.90. The van der Waals surface area contributed by atoms with Crippen LogP contribution in [0.3, 0.4) is 0 Å². The van der Waals surface area contributed by atoms with E-state index in [2.05, 4.69) is 5.10 Å². The fourth-order valence-corrected chi connectivity index (χ4v) is 4.31. The molecule has 0 unspecified atom stereocenters. The summed E-state index contributed by atoms with van der Waals surface area (Å²) < 4.78 is 7.78. The first kappa shape index (κ1) is 14.2. The van der Waals surface area contributed by atoms with Crippen molar-refractivity contribution in [2.75, 3.05) is 13.4 Å². The number of esters is 1. The highest BCUT2D eigenvalue weighted by atomic mass is 32.2. The van der Waals surface area contributed by atoms with E-state index in [0.29, 0.717) is 5.56 Å². The van der Waals surface area contributed by atoms with Gasteiger partial charge in [-0.3, -0.25) is 0 Å². The van der Waals surface area contributed by atoms with E-state index in [9.17, 15) is 4.79 Å². The molecule has 0 fully saturated rings. The fraction of sp³-hybridized carbons (Fsp3) is 0.200. The molecule has 0 amide bonds. The maximum atomic E-state index is 12.1. The lowest BCUT2D eigenvalue weighted by Crippen LogP contribution is -2.01. The number of para-hydroxylation sites is 1. The lowest BCUT2D eigenvalue weighted by atomic mass is 10.2. The molecule has 0 atom stereocenters. The number of thioether (sulfide) groups is 1. The molecule has 0 saturated heterocycles. The van der Waals surface area contributed by atoms with Crippen molar-refractivity contribution < 1.29 is 9.53 Å². The van der Waals surface area contributed by atoms with Crippen molar-refractivity contribution in [1.29, 1.82) is 0 Å². The molecular formula is C15H14N2O2S2. The zero-order chi connectivity index (χ0) is 15.0. The van der Waals surface area contributed by atoms with Crippen molar-refractivity contribution in [3.63, 3.8) is 0 Å². The average Bonchev–Trinajstić information content (AvgIpc) is 3.05. The van der Waals surface area contributed by atoms with Crippen LogP contribution in [0.1, 0.15) is 16.1 Å². The molecule has 21 heavy (non-hydrogen) atoms. The van der Waals surface area contributed by atoms with Crippen LogP contribution < -0.4 is 0 Å². The van der Waals surface area contributed by atoms with Gasteiger partial charge in [-0.05, 0) is 25.3 Å². The van der Waals surface area contributed by atoms with Gasteiger partial charge in [-0.2, -0.15) is 5.10 Å². The number of rotatable bonds is 3. The molecule has 6 heteroatoms. The molecule has 0 aliphatic heterocycles. The molecule has 0 aliphatic carbocycles. The minimum absolute atomic E-state index is 0.304. The first-order valence-electron chi connectivity index (χ1n) is 6.37. The Morgan fingerprint density at radius 1 is 1.33 bits per heavy atom. The number of nitrogens with zero attached hydrogens (tertiary/aromatic N) is 2. The van der Waals surface area contributed by atoms with Crippen molar-refractivity contribution in [2.45, 2.75) is 11.1 Å². The molecule has 1 aromatic carbocycles. The molecular weight excluding hydrogens is 304 g/mol. The number of carbonyl (C=O) groups is 1. The number of methoxy groups -OCH3 is 1. The minimum atomic E-state index is -0.304. The zero-order valence-corrected chi connectivity index (χ0v) is 13.5. The third kappa shape index (κ3) is 2.24. The number of hydrogen-bond acceptors (Lipinski definition) is 5. The summed E-state index contributed by atoms with van der Waals surface area (Å²) in [5, 5.41) is 5.47. The van der Waals surface area contributed by atoms with Crippen LogP contribution in [0, 0.1) is 6.92 Å². The monoisotopic (exact) mass is 318 g/mol. The molecule has 4 nitrogen and oxygen atoms in total. The lowest BCUT2D eigenvalue weighted by Gasteiger charge is -2.01. The molecule has 3 aromatic rings. The SMILES string of the molecule is COC(=O)c1c(SC)sc2c1c(C)nn2-c1ccccc1. The van der Waals surface area contributed by atoms with E-state index in [1.807, 2.05) is 48.2 Å². The van der Waals surface area contributed by atoms with Crippen LogP contribution in [0.5, 0.6) is 0 Å². The van der Waals surface area contributed by atoms with Crippen LogP contribution >= 0.6 is 23.1 Å². The number of aromatic nitrogens is 2. The van der Waals surface area contributed by atoms with Gasteiger partial charge < -0.3 is 4.74 Å². The summed E-state index contributed by atoms with van der Waals surface area (Å²) in [6, 6.07) is 9.92. The second-order valence-corrected chi connectivity index (χ2v) is 6.55. The maximum Gasteiger partial charge on any atom is 0.340 e. The Morgan fingerprint density at radius 2 is 2.05 bits per heavy atom. The standard InChI is InChI=1S/C15H14N2O2S2/c1-9-11-12(14(18)19-2)15(20-3)21-13(11)17(16-9)10-7-5-4-6-8-10/h4-8H,1-3H3. The highest BCUT2D eigenvalue weighted by Gasteiger charge is 2.24. The molecule has 0 spiro atoms. The van der Waals surface area contributed by atoms with Crippen LogP contribution in [0.25, 0.3) is 15.9 Å². The predicted molar refractivity (Wildman–Crippen MR) is 86.8 cm³/mol. The van der Waals surface area contributed by atoms with Crippen LogP contribution in [0.15, 0.2) is 34.5 Å². The fourth-order valence-electron chi connectivity index (χ4n) is 2.30. The zero-order valence-electron chi connectivity index (χ0n) is 11.9. The van der Waals surface area contributed by atoms with Gasteiger partial charge >= 0.3 is 5.97 Å². The number of benzene rings is 1. The van der Waals surface area contributed by atoms with Gasteiger partial charge in [0.1, 0.15) is 4.83 Å². The van der Waals surface area contributed by atoms with Gasteiger partial charge in [0.15, 0.2) is 0 Å². The second kappa shape index (κ2) is 5.54. The van der Waals surface area contributed by atoms with Crippen LogP contribution in [0.2, 0.25) is 0 Å². The molecule has 0 saturated carbocycles. The summed E-state index contributed by atoms with van der Waals surface area (Å²) in [7, 11) is 1.41. The van der Waals surface area contributed by atoms with E-state index >= 15 is 0 Å². The Morgan fingerprint density at radius 3 is 2.67 bits per heavy atom. The summed E-state index contributed by atoms with van der Waals surface area (Å²) in [6.07, 6.45) is 1.97. The topological polar surface area (TPSA) is 44.1 Å². The van der Waals surface area contributed by atoms with Gasteiger partial charge in [-0.1, -0.05) is 18.2 Å². The van der Waals surface area contributed by atoms with Gasteiger partial charge in [-0.15, -0.1) is 23.1 Å². The summed E-state index contributed by atoms with van der Waals surface area (Å²) in [5.74, 6) is -0.304. The van der Waals surface area contributed by atoms with Crippen molar-refractivity contribution in [3.8, 4) is 5.69 Å². The summed E-state index contributed by atoms with van der Waals surface area (Å²) in [6.45, 7) is 1.92. The van der Waals surface area contributed by atoms with Gasteiger partial charge in [0, 0.05) is 0 Å². The molecule has 0 bridgehead atoms. The normalized spacial score (nSPS) is 11.0. The van der Waals surface area contributed by atoms with Crippen molar-refractivity contribution in [3.05, 3.63) is 41.6 Å². The first-order valence-corrected chi connectivity index (χ1v) is 8.41. The van der Waals surface area contributed by atoms with E-state index in [1.165, 1.54) is 7.11 Å². The Balaban J connectivity index is 2.32. The minimum Gasteiger partial charge on any atom is -0.465 e. The Bertz CT molecular complexity index is 806. The molecule has 0 radical (unpaired) electrons. The summed E-state index contributed by atoms with van der Waals surface area (Å²) in [5.41, 5.74) is 2.46. The average molecular weight is 318 g/mol. The number of carbonyl (C=O) groups excluding carboxylic acids is 1. The van der Waals surface area contributed by atoms with Crippen LogP contribution in [0.4, 0.5) is 0 Å². The molecule has 3 rings (SSSR count). The molecule has 108 valence electrons. The second-order valence-electron chi connectivity index (χ2n) is 4.47. The van der Waals surface area contributed by atoms with E-state index in [-0.39, 0.29) is 5.97 Å². The maximum absolute atomic E-state index is 12.1. The smallest absolute Gasteiger partial charge is 0.340 e. The first-order chi connectivity index (χ1) is 10.2. The van der Waals surface area contributed by atoms with Crippen LogP contribution in [-0.4, -0.2) is 29.1 Å². The quantitative estimate of drug-likeness (QED) is 0.542. The number of hydrogen-bond donors (Lipinski definition) is 0. The molecule has 2 heterocycles. The highest BCUT2D eigenvalue weighted by molar-refractivity contribution is 8.00. The largest absolute Gasteiger partial charge is 0.465 e. The Hall–Kier alpha value is -1.79. The van der Waals surface area contributed by atoms with E-state index in [0.717, 1.165) is 25.8 Å². The van der Waals surface area contributed by atoms with Gasteiger partial charge in [0.05, 0.1) is 33.6 Å². The molecule has 2 aromatic heterocycles. The third-order valence-corrected chi connectivity index (χ3v) is 5.52. The Kier molecular flexibility index (Phi) is 3.73. The number of thiophene rings is 1. The van der Waals surface area contributed by atoms with E-state index < -0.39 is 0 Å².